The highest BCUT2D eigenvalue weighted by atomic mass is 32.1. The van der Waals surface area contributed by atoms with Crippen LogP contribution in [0.1, 0.15) is 27.0 Å². The van der Waals surface area contributed by atoms with Crippen molar-refractivity contribution < 1.29 is 14.1 Å². The Bertz CT molecular complexity index is 1020. The number of carbonyl (C=O) groups excluding carboxylic acids is 1. The number of benzene rings is 2. The van der Waals surface area contributed by atoms with Gasteiger partial charge in [0.15, 0.2) is 6.67 Å². The highest BCUT2D eigenvalue weighted by molar-refractivity contribution is 7.71. The number of aromatic nitrogens is 2. The first-order valence-corrected chi connectivity index (χ1v) is 9.55. The fraction of sp³-hybridized carbons (Fsp3) is 0.286. The van der Waals surface area contributed by atoms with E-state index in [1.165, 1.54) is 4.90 Å². The number of nitrogens with zero attached hydrogens (tertiary/aromatic N) is 2. The molecule has 1 atom stereocenters. The van der Waals surface area contributed by atoms with E-state index in [0.717, 1.165) is 28.8 Å². The van der Waals surface area contributed by atoms with Gasteiger partial charge in [0, 0.05) is 23.7 Å². The molecule has 1 amide bonds. The van der Waals surface area contributed by atoms with Gasteiger partial charge in [-0.15, -0.1) is 5.10 Å². The first-order chi connectivity index (χ1) is 13.4. The predicted octanol–water partition coefficient (Wildman–Crippen LogP) is 2.52. The van der Waals surface area contributed by atoms with Crippen molar-refractivity contribution in [3.63, 3.8) is 0 Å². The molecular weight excluding hydrogens is 372 g/mol. The second-order valence-corrected chi connectivity index (χ2v) is 7.47. The van der Waals surface area contributed by atoms with Crippen LogP contribution in [0.4, 0.5) is 0 Å². The average Bonchev–Trinajstić information content (AvgIpc) is 3.01. The quantitative estimate of drug-likeness (QED) is 0.628. The van der Waals surface area contributed by atoms with Crippen LogP contribution < -0.4 is 10.2 Å². The maximum absolute atomic E-state index is 11.6. The number of rotatable bonds is 6. The lowest BCUT2D eigenvalue weighted by atomic mass is 10.1. The van der Waals surface area contributed by atoms with E-state index in [9.17, 15) is 4.79 Å². The SMILES string of the molecule is CNC(=O)c1ccc(C[NH+](C)Cn2nc(-c3cc(C)cc(C)c3)oc2=S)cc1. The van der Waals surface area contributed by atoms with Crippen molar-refractivity contribution in [2.24, 2.45) is 0 Å². The Labute approximate surface area is 169 Å². The third kappa shape index (κ3) is 4.74. The number of quaternary nitrogens is 1. The summed E-state index contributed by atoms with van der Waals surface area (Å²) in [6.07, 6.45) is 0. The normalized spacial score (nSPS) is 12.0. The molecule has 28 heavy (non-hydrogen) atoms. The van der Waals surface area contributed by atoms with Crippen LogP contribution >= 0.6 is 12.2 Å². The summed E-state index contributed by atoms with van der Waals surface area (Å²) in [5.74, 6) is 0.458. The lowest BCUT2D eigenvalue weighted by Crippen LogP contribution is -3.07. The zero-order valence-corrected chi connectivity index (χ0v) is 17.4. The van der Waals surface area contributed by atoms with E-state index in [-0.39, 0.29) is 5.91 Å². The van der Waals surface area contributed by atoms with Gasteiger partial charge >= 0.3 is 0 Å². The lowest BCUT2D eigenvalue weighted by Gasteiger charge is -2.13. The van der Waals surface area contributed by atoms with E-state index >= 15 is 0 Å². The van der Waals surface area contributed by atoms with Gasteiger partial charge in [-0.1, -0.05) is 29.3 Å². The highest BCUT2D eigenvalue weighted by Gasteiger charge is 2.13. The zero-order chi connectivity index (χ0) is 20.3. The van der Waals surface area contributed by atoms with Gasteiger partial charge in [-0.05, 0) is 50.3 Å². The standard InChI is InChI=1S/C21H24N4O2S/c1-14-9-15(2)11-18(10-14)20-23-25(21(28)27-20)13-24(4)12-16-5-7-17(8-6-16)19(26)22-3/h5-11H,12-13H2,1-4H3,(H,22,26)/p+1. The first-order valence-electron chi connectivity index (χ1n) is 9.14. The molecule has 0 aliphatic rings. The summed E-state index contributed by atoms with van der Waals surface area (Å²) in [6, 6.07) is 13.8. The number of amides is 1. The van der Waals surface area contributed by atoms with E-state index in [2.05, 4.69) is 37.4 Å². The van der Waals surface area contributed by atoms with Crippen LogP contribution in [0.25, 0.3) is 11.5 Å². The maximum atomic E-state index is 11.6. The van der Waals surface area contributed by atoms with E-state index in [0.29, 0.717) is 23.0 Å². The van der Waals surface area contributed by atoms with Gasteiger partial charge in [-0.25, -0.2) is 0 Å². The molecule has 0 aliphatic carbocycles. The fourth-order valence-corrected chi connectivity index (χ4v) is 3.38. The Balaban J connectivity index is 1.70. The van der Waals surface area contributed by atoms with Crippen LogP contribution in [0, 0.1) is 18.7 Å². The summed E-state index contributed by atoms with van der Waals surface area (Å²) in [5.41, 5.74) is 5.04. The second kappa shape index (κ2) is 8.50. The van der Waals surface area contributed by atoms with Gasteiger partial charge in [-0.2, -0.15) is 4.68 Å². The Hall–Kier alpha value is -2.77. The Morgan fingerprint density at radius 1 is 1.18 bits per heavy atom. The molecule has 1 heterocycles. The van der Waals surface area contributed by atoms with Gasteiger partial charge in [0.25, 0.3) is 10.7 Å². The van der Waals surface area contributed by atoms with Gasteiger partial charge in [0.2, 0.25) is 5.89 Å². The van der Waals surface area contributed by atoms with Crippen molar-refractivity contribution in [1.82, 2.24) is 15.1 Å². The van der Waals surface area contributed by atoms with E-state index in [1.807, 2.05) is 36.4 Å². The summed E-state index contributed by atoms with van der Waals surface area (Å²) in [6.45, 7) is 5.47. The Kier molecular flexibility index (Phi) is 6.06. The van der Waals surface area contributed by atoms with Crippen molar-refractivity contribution in [3.05, 3.63) is 69.6 Å². The Morgan fingerprint density at radius 2 is 1.82 bits per heavy atom. The third-order valence-corrected chi connectivity index (χ3v) is 4.74. The molecule has 2 N–H and O–H groups in total. The molecule has 0 bridgehead atoms. The minimum atomic E-state index is -0.0833. The van der Waals surface area contributed by atoms with Crippen LogP contribution in [0.5, 0.6) is 0 Å². The molecule has 3 aromatic rings. The lowest BCUT2D eigenvalue weighted by molar-refractivity contribution is -0.917. The van der Waals surface area contributed by atoms with Gasteiger partial charge in [-0.3, -0.25) is 4.79 Å². The molecule has 1 unspecified atom stereocenters. The molecule has 6 nitrogen and oxygen atoms in total. The van der Waals surface area contributed by atoms with E-state index in [1.54, 1.807) is 11.7 Å². The number of nitrogens with one attached hydrogen (secondary N) is 2. The minimum absolute atomic E-state index is 0.0833. The van der Waals surface area contributed by atoms with Crippen LogP contribution in [0.2, 0.25) is 0 Å². The largest absolute Gasteiger partial charge is 0.409 e. The summed E-state index contributed by atoms with van der Waals surface area (Å²) < 4.78 is 7.44. The Morgan fingerprint density at radius 3 is 2.43 bits per heavy atom. The molecule has 0 saturated carbocycles. The zero-order valence-electron chi connectivity index (χ0n) is 16.6. The molecule has 0 aliphatic heterocycles. The van der Waals surface area contributed by atoms with Crippen LogP contribution in [-0.2, 0) is 13.2 Å². The molecule has 1 aromatic heterocycles. The van der Waals surface area contributed by atoms with Crippen LogP contribution in [-0.4, -0.2) is 29.8 Å². The molecular formula is C21H25N4O2S+. The van der Waals surface area contributed by atoms with Crippen molar-refractivity contribution in [2.45, 2.75) is 27.1 Å². The average molecular weight is 398 g/mol. The predicted molar refractivity (Wildman–Crippen MR) is 111 cm³/mol. The van der Waals surface area contributed by atoms with Gasteiger partial charge in [0.05, 0.1) is 7.05 Å². The maximum Gasteiger partial charge on any atom is 0.292 e. The van der Waals surface area contributed by atoms with Gasteiger partial charge in [0.1, 0.15) is 6.54 Å². The molecule has 0 saturated heterocycles. The van der Waals surface area contributed by atoms with E-state index in [4.69, 9.17) is 16.6 Å². The minimum Gasteiger partial charge on any atom is -0.409 e. The first kappa shape index (κ1) is 20.0. The number of aryl methyl sites for hydroxylation is 2. The number of hydrogen-bond acceptors (Lipinski definition) is 4. The van der Waals surface area contributed by atoms with Crippen molar-refractivity contribution >= 4 is 18.1 Å². The number of carbonyl (C=O) groups is 1. The van der Waals surface area contributed by atoms with E-state index < -0.39 is 0 Å². The third-order valence-electron chi connectivity index (χ3n) is 4.44. The molecule has 0 radical (unpaired) electrons. The van der Waals surface area contributed by atoms with Gasteiger partial charge < -0.3 is 14.6 Å². The fourth-order valence-electron chi connectivity index (χ4n) is 3.20. The van der Waals surface area contributed by atoms with Crippen molar-refractivity contribution in [2.75, 3.05) is 14.1 Å². The van der Waals surface area contributed by atoms with Crippen molar-refractivity contribution in [1.29, 1.82) is 0 Å². The molecule has 146 valence electrons. The highest BCUT2D eigenvalue weighted by Crippen LogP contribution is 2.20. The van der Waals surface area contributed by atoms with Crippen LogP contribution in [0.15, 0.2) is 46.9 Å². The monoisotopic (exact) mass is 397 g/mol. The summed E-state index contributed by atoms with van der Waals surface area (Å²) in [4.78, 5) is 13.2. The molecule has 0 spiro atoms. The van der Waals surface area contributed by atoms with Crippen molar-refractivity contribution in [3.8, 4) is 11.5 Å². The molecule has 7 heteroatoms. The summed E-state index contributed by atoms with van der Waals surface area (Å²) in [5, 5.41) is 7.19. The van der Waals surface area contributed by atoms with Crippen LogP contribution in [0.3, 0.4) is 0 Å². The summed E-state index contributed by atoms with van der Waals surface area (Å²) in [7, 11) is 3.70. The molecule has 2 aromatic carbocycles. The topological polar surface area (TPSA) is 64.5 Å². The second-order valence-electron chi connectivity index (χ2n) is 7.12. The molecule has 3 rings (SSSR count). The smallest absolute Gasteiger partial charge is 0.292 e. The molecule has 0 fully saturated rings. The number of hydrogen-bond donors (Lipinski definition) is 2. The summed E-state index contributed by atoms with van der Waals surface area (Å²) >= 11 is 5.36.